The van der Waals surface area contributed by atoms with Crippen LogP contribution in [0.25, 0.3) is 0 Å². The van der Waals surface area contributed by atoms with E-state index < -0.39 is 17.5 Å². The lowest BCUT2D eigenvalue weighted by molar-refractivity contribution is -0.133. The number of rotatable bonds is 1. The van der Waals surface area contributed by atoms with Crippen LogP contribution < -0.4 is 0 Å². The zero-order chi connectivity index (χ0) is 13.5. The fourth-order valence-electron chi connectivity index (χ4n) is 1.32. The van der Waals surface area contributed by atoms with Crippen LogP contribution in [0.4, 0.5) is 13.2 Å². The summed E-state index contributed by atoms with van der Waals surface area (Å²) < 4.78 is 46.4. The van der Waals surface area contributed by atoms with E-state index in [2.05, 4.69) is 0 Å². The molecule has 3 nitrogen and oxygen atoms in total. The second kappa shape index (κ2) is 7.35. The Balaban J connectivity index is 0.000000184. The van der Waals surface area contributed by atoms with Crippen molar-refractivity contribution in [3.8, 4) is 0 Å². The number of aliphatic hydroxyl groups is 1. The first-order chi connectivity index (χ1) is 8.54. The number of ether oxygens (including phenoxy) is 2. The predicted molar refractivity (Wildman–Crippen MR) is 58.4 cm³/mol. The van der Waals surface area contributed by atoms with Crippen LogP contribution in [0.2, 0.25) is 0 Å². The Bertz CT molecular complexity index is 356. The van der Waals surface area contributed by atoms with E-state index in [1.165, 1.54) is 6.92 Å². The Kier molecular flexibility index (Phi) is 6.11. The van der Waals surface area contributed by atoms with Crippen LogP contribution in [0.5, 0.6) is 0 Å². The Labute approximate surface area is 103 Å². The van der Waals surface area contributed by atoms with Crippen LogP contribution in [-0.4, -0.2) is 31.7 Å². The summed E-state index contributed by atoms with van der Waals surface area (Å²) in [6.45, 7) is 3.31. The van der Waals surface area contributed by atoms with Gasteiger partial charge in [0, 0.05) is 5.92 Å². The highest BCUT2D eigenvalue weighted by Crippen LogP contribution is 2.12. The van der Waals surface area contributed by atoms with Crippen molar-refractivity contribution < 1.29 is 27.8 Å². The fraction of sp³-hybridized carbons (Fsp3) is 0.500. The van der Waals surface area contributed by atoms with Gasteiger partial charge >= 0.3 is 0 Å². The topological polar surface area (TPSA) is 38.7 Å². The van der Waals surface area contributed by atoms with E-state index in [-0.39, 0.29) is 12.5 Å². The van der Waals surface area contributed by atoms with E-state index in [1.807, 2.05) is 0 Å². The van der Waals surface area contributed by atoms with E-state index in [1.54, 1.807) is 0 Å². The molecule has 1 fully saturated rings. The number of aliphatic hydroxyl groups excluding tert-OH is 1. The maximum atomic E-state index is 12.2. The van der Waals surface area contributed by atoms with E-state index in [9.17, 15) is 13.2 Å². The highest BCUT2D eigenvalue weighted by Gasteiger charge is 2.11. The number of hydrogen-bond acceptors (Lipinski definition) is 3. The highest BCUT2D eigenvalue weighted by atomic mass is 19.2. The average molecular weight is 264 g/mol. The van der Waals surface area contributed by atoms with Crippen molar-refractivity contribution >= 4 is 0 Å². The molecule has 1 aliphatic heterocycles. The molecule has 0 amide bonds. The van der Waals surface area contributed by atoms with Gasteiger partial charge in [0.25, 0.3) is 0 Å². The van der Waals surface area contributed by atoms with Crippen molar-refractivity contribution in [1.29, 1.82) is 0 Å². The van der Waals surface area contributed by atoms with Gasteiger partial charge in [0.2, 0.25) is 0 Å². The molecule has 1 aromatic carbocycles. The zero-order valence-corrected chi connectivity index (χ0v) is 9.96. The summed E-state index contributed by atoms with van der Waals surface area (Å²) in [6, 6.07) is 1.89. The minimum atomic E-state index is -1.41. The van der Waals surface area contributed by atoms with E-state index in [0.717, 1.165) is 12.1 Å². The lowest BCUT2D eigenvalue weighted by Gasteiger charge is -2.19. The molecular formula is C12H15F3O3. The third-order valence-corrected chi connectivity index (χ3v) is 2.26. The zero-order valence-electron chi connectivity index (χ0n) is 9.96. The maximum Gasteiger partial charge on any atom is 0.194 e. The molecular weight excluding hydrogens is 249 g/mol. The van der Waals surface area contributed by atoms with Gasteiger partial charge in [0.05, 0.1) is 19.8 Å². The monoisotopic (exact) mass is 264 g/mol. The second-order valence-electron chi connectivity index (χ2n) is 3.95. The van der Waals surface area contributed by atoms with Gasteiger partial charge in [-0.05, 0) is 24.6 Å². The van der Waals surface area contributed by atoms with E-state index >= 15 is 0 Å². The Morgan fingerprint density at radius 1 is 1.17 bits per heavy atom. The fourth-order valence-corrected chi connectivity index (χ4v) is 1.32. The van der Waals surface area contributed by atoms with Crippen LogP contribution in [0.15, 0.2) is 12.1 Å². The molecule has 0 aromatic heterocycles. The van der Waals surface area contributed by atoms with Gasteiger partial charge in [0.15, 0.2) is 17.5 Å². The summed E-state index contributed by atoms with van der Waals surface area (Å²) in [7, 11) is 0. The Morgan fingerprint density at radius 3 is 2.06 bits per heavy atom. The number of aryl methyl sites for hydroxylation is 1. The van der Waals surface area contributed by atoms with Crippen molar-refractivity contribution in [3.05, 3.63) is 35.1 Å². The molecule has 2 rings (SSSR count). The molecule has 102 valence electrons. The predicted octanol–water partition coefficient (Wildman–Crippen LogP) is 2.01. The molecule has 1 aliphatic rings. The number of halogens is 3. The van der Waals surface area contributed by atoms with E-state index in [4.69, 9.17) is 14.6 Å². The van der Waals surface area contributed by atoms with Gasteiger partial charge in [-0.3, -0.25) is 0 Å². The van der Waals surface area contributed by atoms with Crippen LogP contribution in [0.1, 0.15) is 5.56 Å². The standard InChI is InChI=1S/C7H5F3.C5H10O3/c1-4-2-5(8)7(10)6(9)3-4;6-1-5-2-7-4-8-3-5/h2-3H,1H3;5-6H,1-4H2. The largest absolute Gasteiger partial charge is 0.396 e. The van der Waals surface area contributed by atoms with Crippen molar-refractivity contribution in [2.24, 2.45) is 5.92 Å². The molecule has 1 heterocycles. The summed E-state index contributed by atoms with van der Waals surface area (Å²) in [5.74, 6) is -3.50. The molecule has 0 aliphatic carbocycles. The summed E-state index contributed by atoms with van der Waals surface area (Å²) in [5.41, 5.74) is 0.372. The molecule has 0 unspecified atom stereocenters. The van der Waals surface area contributed by atoms with E-state index in [0.29, 0.717) is 25.6 Å². The second-order valence-corrected chi connectivity index (χ2v) is 3.95. The Hall–Kier alpha value is -1.11. The van der Waals surface area contributed by atoms with Gasteiger partial charge in [-0.15, -0.1) is 0 Å². The molecule has 1 N–H and O–H groups in total. The molecule has 0 radical (unpaired) electrons. The van der Waals surface area contributed by atoms with Gasteiger partial charge in [-0.1, -0.05) is 0 Å². The average Bonchev–Trinajstić information content (AvgIpc) is 2.37. The smallest absolute Gasteiger partial charge is 0.194 e. The molecule has 1 aromatic rings. The van der Waals surface area contributed by atoms with Crippen molar-refractivity contribution in [1.82, 2.24) is 0 Å². The molecule has 0 atom stereocenters. The minimum Gasteiger partial charge on any atom is -0.396 e. The third kappa shape index (κ3) is 4.64. The first-order valence-corrected chi connectivity index (χ1v) is 5.42. The summed E-state index contributed by atoms with van der Waals surface area (Å²) in [5, 5.41) is 8.53. The quantitative estimate of drug-likeness (QED) is 0.789. The molecule has 18 heavy (non-hydrogen) atoms. The highest BCUT2D eigenvalue weighted by molar-refractivity contribution is 5.17. The number of benzene rings is 1. The molecule has 0 spiro atoms. The van der Waals surface area contributed by atoms with Crippen LogP contribution in [0.3, 0.4) is 0 Å². The molecule has 6 heteroatoms. The number of hydrogen-bond donors (Lipinski definition) is 1. The lowest BCUT2D eigenvalue weighted by Crippen LogP contribution is -2.26. The van der Waals surface area contributed by atoms with Crippen molar-refractivity contribution in [2.45, 2.75) is 6.92 Å². The summed E-state index contributed by atoms with van der Waals surface area (Å²) in [6.07, 6.45) is 0. The first-order valence-electron chi connectivity index (χ1n) is 5.42. The summed E-state index contributed by atoms with van der Waals surface area (Å²) in [4.78, 5) is 0. The van der Waals surface area contributed by atoms with Crippen LogP contribution >= 0.6 is 0 Å². The first kappa shape index (κ1) is 14.9. The van der Waals surface area contributed by atoms with Crippen molar-refractivity contribution in [2.75, 3.05) is 26.6 Å². The molecule has 1 saturated heterocycles. The molecule has 0 saturated carbocycles. The third-order valence-electron chi connectivity index (χ3n) is 2.26. The van der Waals surface area contributed by atoms with Gasteiger partial charge < -0.3 is 14.6 Å². The molecule has 0 bridgehead atoms. The lowest BCUT2D eigenvalue weighted by atomic mass is 10.2. The van der Waals surface area contributed by atoms with Gasteiger partial charge in [-0.2, -0.15) is 0 Å². The van der Waals surface area contributed by atoms with Crippen molar-refractivity contribution in [3.63, 3.8) is 0 Å². The Morgan fingerprint density at radius 2 is 1.67 bits per heavy atom. The van der Waals surface area contributed by atoms with Crippen LogP contribution in [-0.2, 0) is 9.47 Å². The maximum absolute atomic E-state index is 12.2. The normalized spacial score (nSPS) is 16.1. The minimum absolute atomic E-state index is 0.167. The van der Waals surface area contributed by atoms with Crippen LogP contribution in [0, 0.1) is 30.3 Å². The van der Waals surface area contributed by atoms with Gasteiger partial charge in [-0.25, -0.2) is 13.2 Å². The SMILES string of the molecule is Cc1cc(F)c(F)c(F)c1.OCC1COCOC1. The van der Waals surface area contributed by atoms with Gasteiger partial charge in [0.1, 0.15) is 6.79 Å². The summed E-state index contributed by atoms with van der Waals surface area (Å²) >= 11 is 0.